The van der Waals surface area contributed by atoms with Crippen LogP contribution in [0.15, 0.2) is 48.9 Å². The van der Waals surface area contributed by atoms with Crippen LogP contribution in [0.1, 0.15) is 17.6 Å². The zero-order valence-electron chi connectivity index (χ0n) is 11.2. The van der Waals surface area contributed by atoms with Crippen molar-refractivity contribution in [3.05, 3.63) is 60.4 Å². The fourth-order valence-electron chi connectivity index (χ4n) is 2.07. The molecule has 0 saturated heterocycles. The smallest absolute Gasteiger partial charge is 0.138 e. The maximum atomic E-state index is 6.19. The van der Waals surface area contributed by atoms with Crippen LogP contribution in [-0.4, -0.2) is 24.5 Å². The van der Waals surface area contributed by atoms with Gasteiger partial charge in [0.1, 0.15) is 12.2 Å². The van der Waals surface area contributed by atoms with E-state index in [1.807, 2.05) is 54.3 Å². The lowest BCUT2D eigenvalue weighted by molar-refractivity contribution is 0.612. The lowest BCUT2D eigenvalue weighted by Crippen LogP contribution is -2.17. The molecule has 3 aromatic rings. The van der Waals surface area contributed by atoms with Gasteiger partial charge in [0.15, 0.2) is 0 Å². The minimum Gasteiger partial charge on any atom is -0.322 e. The Kier molecular flexibility index (Phi) is 3.30. The monoisotopic (exact) mass is 268 g/mol. The molecule has 0 aliphatic heterocycles. The van der Waals surface area contributed by atoms with Crippen molar-refractivity contribution in [3.63, 3.8) is 0 Å². The lowest BCUT2D eigenvalue weighted by atomic mass is 10.1. The maximum absolute atomic E-state index is 6.19. The van der Waals surface area contributed by atoms with E-state index in [1.165, 1.54) is 6.33 Å². The SMILES string of the molecule is Cn1ncnc1CC(N)c1ccn(-c2ccccc2)n1. The molecule has 2 N–H and O–H groups in total. The van der Waals surface area contributed by atoms with Crippen molar-refractivity contribution in [1.29, 1.82) is 0 Å². The van der Waals surface area contributed by atoms with Crippen LogP contribution < -0.4 is 5.73 Å². The fraction of sp³-hybridized carbons (Fsp3) is 0.214. The zero-order valence-corrected chi connectivity index (χ0v) is 11.2. The summed E-state index contributed by atoms with van der Waals surface area (Å²) in [5.74, 6) is 0.853. The normalized spacial score (nSPS) is 12.5. The van der Waals surface area contributed by atoms with Crippen molar-refractivity contribution in [1.82, 2.24) is 24.5 Å². The summed E-state index contributed by atoms with van der Waals surface area (Å²) in [6.07, 6.45) is 4.06. The first kappa shape index (κ1) is 12.6. The Bertz CT molecular complexity index is 685. The minimum absolute atomic E-state index is 0.192. The molecule has 0 aliphatic carbocycles. The summed E-state index contributed by atoms with van der Waals surface area (Å²) in [4.78, 5) is 4.18. The highest BCUT2D eigenvalue weighted by atomic mass is 15.3. The molecule has 3 rings (SSSR count). The summed E-state index contributed by atoms with van der Waals surface area (Å²) in [5.41, 5.74) is 8.05. The van der Waals surface area contributed by atoms with Gasteiger partial charge in [-0.05, 0) is 18.2 Å². The molecule has 6 nitrogen and oxygen atoms in total. The topological polar surface area (TPSA) is 74.6 Å². The van der Waals surface area contributed by atoms with E-state index in [0.29, 0.717) is 6.42 Å². The first-order chi connectivity index (χ1) is 9.74. The van der Waals surface area contributed by atoms with Gasteiger partial charge in [-0.1, -0.05) is 18.2 Å². The van der Waals surface area contributed by atoms with Gasteiger partial charge in [-0.3, -0.25) is 4.68 Å². The number of rotatable bonds is 4. The number of benzene rings is 1. The Labute approximate surface area is 116 Å². The minimum atomic E-state index is -0.192. The number of hydrogen-bond acceptors (Lipinski definition) is 4. The van der Waals surface area contributed by atoms with Crippen LogP contribution in [0, 0.1) is 0 Å². The molecule has 20 heavy (non-hydrogen) atoms. The largest absolute Gasteiger partial charge is 0.322 e. The molecule has 0 saturated carbocycles. The van der Waals surface area contributed by atoms with Gasteiger partial charge in [-0.15, -0.1) is 0 Å². The van der Waals surface area contributed by atoms with E-state index in [4.69, 9.17) is 5.73 Å². The third-order valence-electron chi connectivity index (χ3n) is 3.22. The van der Waals surface area contributed by atoms with Gasteiger partial charge >= 0.3 is 0 Å². The lowest BCUT2D eigenvalue weighted by Gasteiger charge is -2.08. The second kappa shape index (κ2) is 5.26. The maximum Gasteiger partial charge on any atom is 0.138 e. The highest BCUT2D eigenvalue weighted by Crippen LogP contribution is 2.14. The average molecular weight is 268 g/mol. The molecule has 0 fully saturated rings. The molecule has 2 heterocycles. The summed E-state index contributed by atoms with van der Waals surface area (Å²) < 4.78 is 3.56. The second-order valence-electron chi connectivity index (χ2n) is 4.63. The van der Waals surface area contributed by atoms with E-state index in [-0.39, 0.29) is 6.04 Å². The van der Waals surface area contributed by atoms with E-state index >= 15 is 0 Å². The van der Waals surface area contributed by atoms with Crippen LogP contribution in [0.2, 0.25) is 0 Å². The molecule has 0 aliphatic rings. The van der Waals surface area contributed by atoms with Crippen LogP contribution in [0.5, 0.6) is 0 Å². The fourth-order valence-corrected chi connectivity index (χ4v) is 2.07. The van der Waals surface area contributed by atoms with Crippen LogP contribution in [0.3, 0.4) is 0 Å². The van der Waals surface area contributed by atoms with E-state index in [9.17, 15) is 0 Å². The third-order valence-corrected chi connectivity index (χ3v) is 3.22. The van der Waals surface area contributed by atoms with Crippen molar-refractivity contribution in [2.75, 3.05) is 0 Å². The number of nitrogens with two attached hydrogens (primary N) is 1. The second-order valence-corrected chi connectivity index (χ2v) is 4.63. The van der Waals surface area contributed by atoms with Gasteiger partial charge in [0.2, 0.25) is 0 Å². The molecule has 1 unspecified atom stereocenters. The molecular weight excluding hydrogens is 252 g/mol. The Morgan fingerprint density at radius 1 is 1.20 bits per heavy atom. The van der Waals surface area contributed by atoms with Crippen molar-refractivity contribution in [2.24, 2.45) is 12.8 Å². The van der Waals surface area contributed by atoms with Crippen LogP contribution in [0.4, 0.5) is 0 Å². The van der Waals surface area contributed by atoms with Crippen molar-refractivity contribution in [3.8, 4) is 5.69 Å². The summed E-state index contributed by atoms with van der Waals surface area (Å²) in [6.45, 7) is 0. The summed E-state index contributed by atoms with van der Waals surface area (Å²) >= 11 is 0. The molecule has 0 bridgehead atoms. The van der Waals surface area contributed by atoms with E-state index in [0.717, 1.165) is 17.2 Å². The zero-order chi connectivity index (χ0) is 13.9. The Morgan fingerprint density at radius 3 is 2.70 bits per heavy atom. The molecular formula is C14H16N6. The van der Waals surface area contributed by atoms with Crippen molar-refractivity contribution >= 4 is 0 Å². The van der Waals surface area contributed by atoms with Gasteiger partial charge in [0, 0.05) is 19.7 Å². The average Bonchev–Trinajstić information content (AvgIpc) is 3.10. The predicted molar refractivity (Wildman–Crippen MR) is 75.2 cm³/mol. The standard InChI is InChI=1S/C14H16N6/c1-19-14(16-10-17-19)9-12(15)13-7-8-20(18-13)11-5-3-2-4-6-11/h2-8,10,12H,9,15H2,1H3. The van der Waals surface area contributed by atoms with E-state index in [2.05, 4.69) is 15.2 Å². The Morgan fingerprint density at radius 2 is 2.00 bits per heavy atom. The molecule has 6 heteroatoms. The van der Waals surface area contributed by atoms with Gasteiger partial charge in [-0.25, -0.2) is 9.67 Å². The molecule has 0 amide bonds. The first-order valence-electron chi connectivity index (χ1n) is 6.43. The van der Waals surface area contributed by atoms with Gasteiger partial charge in [0.25, 0.3) is 0 Å². The number of hydrogen-bond donors (Lipinski definition) is 1. The van der Waals surface area contributed by atoms with Crippen molar-refractivity contribution < 1.29 is 0 Å². The summed E-state index contributed by atoms with van der Waals surface area (Å²) in [7, 11) is 1.86. The van der Waals surface area contributed by atoms with Crippen LogP contribution in [-0.2, 0) is 13.5 Å². The number of aryl methyl sites for hydroxylation is 1. The molecule has 102 valence electrons. The van der Waals surface area contributed by atoms with Crippen LogP contribution >= 0.6 is 0 Å². The molecule has 1 aromatic carbocycles. The van der Waals surface area contributed by atoms with E-state index < -0.39 is 0 Å². The molecule has 0 spiro atoms. The Hall–Kier alpha value is -2.47. The molecule has 0 radical (unpaired) electrons. The van der Waals surface area contributed by atoms with Gasteiger partial charge in [0.05, 0.1) is 17.4 Å². The highest BCUT2D eigenvalue weighted by molar-refractivity contribution is 5.30. The van der Waals surface area contributed by atoms with Gasteiger partial charge < -0.3 is 5.73 Å². The van der Waals surface area contributed by atoms with E-state index in [1.54, 1.807) is 4.68 Å². The Balaban J connectivity index is 1.78. The third kappa shape index (κ3) is 2.46. The summed E-state index contributed by atoms with van der Waals surface area (Å²) in [6, 6.07) is 11.7. The first-order valence-corrected chi connectivity index (χ1v) is 6.43. The molecule has 2 aromatic heterocycles. The highest BCUT2D eigenvalue weighted by Gasteiger charge is 2.13. The predicted octanol–water partition coefficient (Wildman–Crippen LogP) is 1.24. The number of aromatic nitrogens is 5. The quantitative estimate of drug-likeness (QED) is 0.772. The van der Waals surface area contributed by atoms with Gasteiger partial charge in [-0.2, -0.15) is 10.2 Å². The number of nitrogens with zero attached hydrogens (tertiary/aromatic N) is 5. The van der Waals surface area contributed by atoms with Crippen LogP contribution in [0.25, 0.3) is 5.69 Å². The summed E-state index contributed by atoms with van der Waals surface area (Å²) in [5, 5.41) is 8.57. The molecule has 1 atom stereocenters. The number of para-hydroxylation sites is 1. The van der Waals surface area contributed by atoms with Crippen molar-refractivity contribution in [2.45, 2.75) is 12.5 Å².